The summed E-state index contributed by atoms with van der Waals surface area (Å²) < 4.78 is 2.13. The van der Waals surface area contributed by atoms with Crippen LogP contribution in [0.2, 0.25) is 0 Å². The van der Waals surface area contributed by atoms with Crippen molar-refractivity contribution in [1.82, 2.24) is 15.1 Å². The molecule has 2 aliphatic rings. The molecule has 3 heteroatoms. The van der Waals surface area contributed by atoms with E-state index >= 15 is 0 Å². The Morgan fingerprint density at radius 3 is 3.14 bits per heavy atom. The van der Waals surface area contributed by atoms with Crippen molar-refractivity contribution < 1.29 is 0 Å². The first-order valence-electron chi connectivity index (χ1n) is 5.68. The molecule has 1 aliphatic heterocycles. The van der Waals surface area contributed by atoms with Gasteiger partial charge in [-0.25, -0.2) is 0 Å². The molecule has 76 valence electrons. The molecule has 2 heterocycles. The van der Waals surface area contributed by atoms with Gasteiger partial charge in [-0.1, -0.05) is 12.8 Å². The number of rotatable bonds is 4. The van der Waals surface area contributed by atoms with Gasteiger partial charge >= 0.3 is 0 Å². The quantitative estimate of drug-likeness (QED) is 0.784. The van der Waals surface area contributed by atoms with Crippen LogP contribution in [0, 0.1) is 5.92 Å². The molecule has 0 spiro atoms. The first-order valence-corrected chi connectivity index (χ1v) is 5.68. The lowest BCUT2D eigenvalue weighted by Crippen LogP contribution is -2.06. The minimum absolute atomic E-state index is 0.963. The third kappa shape index (κ3) is 1.69. The highest BCUT2D eigenvalue weighted by atomic mass is 15.3. The van der Waals surface area contributed by atoms with Gasteiger partial charge in [0.15, 0.2) is 0 Å². The number of hydrogen-bond acceptors (Lipinski definition) is 2. The van der Waals surface area contributed by atoms with Crippen molar-refractivity contribution in [2.24, 2.45) is 5.92 Å². The number of hydrogen-bond donors (Lipinski definition) is 1. The zero-order chi connectivity index (χ0) is 9.38. The molecule has 1 aromatic rings. The van der Waals surface area contributed by atoms with Crippen LogP contribution in [-0.4, -0.2) is 9.78 Å². The molecule has 1 N–H and O–H groups in total. The molecular formula is C11H17N3. The molecule has 14 heavy (non-hydrogen) atoms. The summed E-state index contributed by atoms with van der Waals surface area (Å²) in [5, 5.41) is 7.87. The predicted molar refractivity (Wildman–Crippen MR) is 54.7 cm³/mol. The van der Waals surface area contributed by atoms with Gasteiger partial charge in [-0.05, 0) is 18.8 Å². The Kier molecular flexibility index (Phi) is 2.05. The molecular weight excluding hydrogens is 174 g/mol. The molecule has 1 fully saturated rings. The third-order valence-electron chi connectivity index (χ3n) is 3.23. The Hall–Kier alpha value is -0.830. The maximum Gasteiger partial charge on any atom is 0.0807 e. The Bertz CT molecular complexity index is 304. The number of aryl methyl sites for hydroxylation is 1. The van der Waals surface area contributed by atoms with Crippen LogP contribution in [0.3, 0.4) is 0 Å². The first kappa shape index (κ1) is 8.48. The highest BCUT2D eigenvalue weighted by Gasteiger charge is 2.20. The van der Waals surface area contributed by atoms with Crippen molar-refractivity contribution in [1.29, 1.82) is 0 Å². The number of fused-ring (bicyclic) bond motifs is 1. The smallest absolute Gasteiger partial charge is 0.0807 e. The minimum atomic E-state index is 0.963. The van der Waals surface area contributed by atoms with Crippen LogP contribution in [0.25, 0.3) is 0 Å². The van der Waals surface area contributed by atoms with Crippen molar-refractivity contribution in [2.75, 3.05) is 0 Å². The standard InChI is InChI=1S/C11H17N3/c1(2-9-3-4-9)5-14-8-10-6-12-7-11(10)13-14/h8-9,12H,1-7H2. The fraction of sp³-hybridized carbons (Fsp3) is 0.727. The molecule has 0 amide bonds. The Balaban J connectivity index is 1.55. The summed E-state index contributed by atoms with van der Waals surface area (Å²) in [4.78, 5) is 0. The van der Waals surface area contributed by atoms with Crippen molar-refractivity contribution in [2.45, 2.75) is 45.3 Å². The van der Waals surface area contributed by atoms with Crippen LogP contribution in [0.15, 0.2) is 6.20 Å². The molecule has 0 aromatic carbocycles. The van der Waals surface area contributed by atoms with Gasteiger partial charge in [-0.2, -0.15) is 5.10 Å². The average molecular weight is 191 g/mol. The zero-order valence-electron chi connectivity index (χ0n) is 8.50. The fourth-order valence-corrected chi connectivity index (χ4v) is 2.18. The minimum Gasteiger partial charge on any atom is -0.307 e. The average Bonchev–Trinajstić information content (AvgIpc) is 2.73. The topological polar surface area (TPSA) is 29.9 Å². The highest BCUT2D eigenvalue weighted by Crippen LogP contribution is 2.33. The number of nitrogens with one attached hydrogen (secondary N) is 1. The van der Waals surface area contributed by atoms with Gasteiger partial charge in [0.05, 0.1) is 5.69 Å². The van der Waals surface area contributed by atoms with Gasteiger partial charge in [0.2, 0.25) is 0 Å². The Morgan fingerprint density at radius 1 is 1.43 bits per heavy atom. The van der Waals surface area contributed by atoms with Crippen molar-refractivity contribution in [3.05, 3.63) is 17.5 Å². The maximum absolute atomic E-state index is 4.56. The maximum atomic E-state index is 4.56. The summed E-state index contributed by atoms with van der Waals surface area (Å²) in [5.41, 5.74) is 2.66. The van der Waals surface area contributed by atoms with Crippen molar-refractivity contribution in [3.63, 3.8) is 0 Å². The molecule has 0 bridgehead atoms. The van der Waals surface area contributed by atoms with Gasteiger partial charge in [-0.3, -0.25) is 4.68 Å². The summed E-state index contributed by atoms with van der Waals surface area (Å²) in [6, 6.07) is 0. The summed E-state index contributed by atoms with van der Waals surface area (Å²) >= 11 is 0. The van der Waals surface area contributed by atoms with E-state index in [1.54, 1.807) is 0 Å². The van der Waals surface area contributed by atoms with Crippen LogP contribution in [0.5, 0.6) is 0 Å². The fourth-order valence-electron chi connectivity index (χ4n) is 2.18. The van der Waals surface area contributed by atoms with Crippen LogP contribution in [0.4, 0.5) is 0 Å². The van der Waals surface area contributed by atoms with Crippen molar-refractivity contribution in [3.8, 4) is 0 Å². The van der Waals surface area contributed by atoms with Crippen LogP contribution >= 0.6 is 0 Å². The van der Waals surface area contributed by atoms with E-state index in [0.717, 1.165) is 25.6 Å². The molecule has 1 aromatic heterocycles. The molecule has 0 atom stereocenters. The normalized spacial score (nSPS) is 20.0. The van der Waals surface area contributed by atoms with E-state index in [9.17, 15) is 0 Å². The first-order chi connectivity index (χ1) is 6.92. The lowest BCUT2D eigenvalue weighted by Gasteiger charge is -2.00. The molecule has 1 saturated carbocycles. The van der Waals surface area contributed by atoms with E-state index in [1.165, 1.54) is 36.9 Å². The Morgan fingerprint density at radius 2 is 2.36 bits per heavy atom. The Labute approximate surface area is 84.5 Å². The van der Waals surface area contributed by atoms with E-state index in [1.807, 2.05) is 0 Å². The van der Waals surface area contributed by atoms with Gasteiger partial charge in [0.1, 0.15) is 0 Å². The summed E-state index contributed by atoms with van der Waals surface area (Å²) in [6.45, 7) is 3.09. The third-order valence-corrected chi connectivity index (χ3v) is 3.23. The van der Waals surface area contributed by atoms with Crippen LogP contribution in [-0.2, 0) is 19.6 Å². The summed E-state index contributed by atoms with van der Waals surface area (Å²) in [5.74, 6) is 1.05. The second-order valence-corrected chi connectivity index (χ2v) is 4.55. The van der Waals surface area contributed by atoms with Gasteiger partial charge in [0, 0.05) is 31.4 Å². The van der Waals surface area contributed by atoms with E-state index in [0.29, 0.717) is 0 Å². The lowest BCUT2D eigenvalue weighted by atomic mass is 10.2. The predicted octanol–water partition coefficient (Wildman–Crippen LogP) is 1.68. The second-order valence-electron chi connectivity index (χ2n) is 4.55. The molecule has 0 radical (unpaired) electrons. The lowest BCUT2D eigenvalue weighted by molar-refractivity contribution is 0.527. The number of nitrogens with zero attached hydrogens (tertiary/aromatic N) is 2. The molecule has 3 nitrogen and oxygen atoms in total. The second kappa shape index (κ2) is 3.39. The van der Waals surface area contributed by atoms with Crippen LogP contribution < -0.4 is 5.32 Å². The van der Waals surface area contributed by atoms with E-state index in [2.05, 4.69) is 21.3 Å². The van der Waals surface area contributed by atoms with Gasteiger partial charge < -0.3 is 5.32 Å². The van der Waals surface area contributed by atoms with Gasteiger partial charge in [0.25, 0.3) is 0 Å². The SMILES string of the molecule is c1c2c(nn1CCCC1CC1)CNC2. The van der Waals surface area contributed by atoms with E-state index in [4.69, 9.17) is 0 Å². The summed E-state index contributed by atoms with van der Waals surface area (Å²) in [7, 11) is 0. The molecule has 0 saturated heterocycles. The summed E-state index contributed by atoms with van der Waals surface area (Å²) in [6.07, 6.45) is 7.86. The molecule has 3 rings (SSSR count). The molecule has 0 unspecified atom stereocenters. The zero-order valence-corrected chi connectivity index (χ0v) is 8.50. The van der Waals surface area contributed by atoms with E-state index in [-0.39, 0.29) is 0 Å². The van der Waals surface area contributed by atoms with E-state index < -0.39 is 0 Å². The van der Waals surface area contributed by atoms with Crippen molar-refractivity contribution >= 4 is 0 Å². The van der Waals surface area contributed by atoms with Gasteiger partial charge in [-0.15, -0.1) is 0 Å². The largest absolute Gasteiger partial charge is 0.307 e. The number of aromatic nitrogens is 2. The highest BCUT2D eigenvalue weighted by molar-refractivity contribution is 5.20. The molecule has 1 aliphatic carbocycles. The van der Waals surface area contributed by atoms with Crippen LogP contribution in [0.1, 0.15) is 36.9 Å². The monoisotopic (exact) mass is 191 g/mol.